The lowest BCUT2D eigenvalue weighted by molar-refractivity contribution is 0.102. The first kappa shape index (κ1) is 25.5. The topological polar surface area (TPSA) is 103 Å². The number of sulfonamides is 1. The van der Waals surface area contributed by atoms with Crippen molar-refractivity contribution in [1.29, 1.82) is 0 Å². The van der Waals surface area contributed by atoms with Crippen molar-refractivity contribution in [2.24, 2.45) is 0 Å². The summed E-state index contributed by atoms with van der Waals surface area (Å²) in [6, 6.07) is 14.3. The van der Waals surface area contributed by atoms with Crippen LogP contribution >= 0.6 is 23.2 Å². The zero-order valence-electron chi connectivity index (χ0n) is 18.5. The summed E-state index contributed by atoms with van der Waals surface area (Å²) >= 11 is 11.9. The lowest BCUT2D eigenvalue weighted by atomic mass is 10.2. The van der Waals surface area contributed by atoms with Gasteiger partial charge in [-0.1, -0.05) is 23.2 Å². The molecule has 0 radical (unpaired) electrons. The minimum atomic E-state index is -3.58. The number of amides is 1. The van der Waals surface area contributed by atoms with Crippen LogP contribution in [0.15, 0.2) is 54.6 Å². The molecule has 0 unspecified atom stereocenters. The standard InChI is InChI=1S/C23H22Cl2N2O6S/c1-31-17-6-9-21(32-2)15(10-17)13-33-22-12-16(5-8-20(22)27-34(3,29)30)26-23(28)14-4-7-18(24)19(25)11-14/h4-12,27H,13H2,1-3H3,(H,26,28). The summed E-state index contributed by atoms with van der Waals surface area (Å²) in [5.74, 6) is 0.948. The van der Waals surface area contributed by atoms with Crippen molar-refractivity contribution in [3.8, 4) is 17.2 Å². The molecule has 0 aliphatic rings. The second kappa shape index (κ2) is 10.9. The van der Waals surface area contributed by atoms with E-state index in [1.165, 1.54) is 37.4 Å². The third kappa shape index (κ3) is 6.69. The third-order valence-electron chi connectivity index (χ3n) is 4.59. The predicted molar refractivity (Wildman–Crippen MR) is 133 cm³/mol. The number of ether oxygens (including phenoxy) is 3. The predicted octanol–water partition coefficient (Wildman–Crippen LogP) is 5.21. The lowest BCUT2D eigenvalue weighted by Crippen LogP contribution is -2.14. The Bertz CT molecular complexity index is 1310. The van der Waals surface area contributed by atoms with Gasteiger partial charge in [-0.25, -0.2) is 8.42 Å². The molecule has 11 heteroatoms. The maximum Gasteiger partial charge on any atom is 0.255 e. The fourth-order valence-electron chi connectivity index (χ4n) is 2.99. The molecule has 0 atom stereocenters. The average Bonchev–Trinajstić information content (AvgIpc) is 2.79. The van der Waals surface area contributed by atoms with E-state index in [2.05, 4.69) is 10.0 Å². The molecular formula is C23H22Cl2N2O6S. The first-order valence-corrected chi connectivity index (χ1v) is 12.5. The highest BCUT2D eigenvalue weighted by atomic mass is 35.5. The Morgan fingerprint density at radius 1 is 0.912 bits per heavy atom. The number of anilines is 2. The Labute approximate surface area is 207 Å². The smallest absolute Gasteiger partial charge is 0.255 e. The molecule has 0 aromatic heterocycles. The van der Waals surface area contributed by atoms with E-state index in [0.29, 0.717) is 33.3 Å². The van der Waals surface area contributed by atoms with E-state index in [9.17, 15) is 13.2 Å². The molecule has 0 spiro atoms. The highest BCUT2D eigenvalue weighted by Crippen LogP contribution is 2.32. The van der Waals surface area contributed by atoms with Crippen molar-refractivity contribution in [2.75, 3.05) is 30.5 Å². The number of carbonyl (C=O) groups excluding carboxylic acids is 1. The SMILES string of the molecule is COc1ccc(OC)c(COc2cc(NC(=O)c3ccc(Cl)c(Cl)c3)ccc2NS(C)(=O)=O)c1. The number of methoxy groups -OCH3 is 2. The number of hydrogen-bond donors (Lipinski definition) is 2. The van der Waals surface area contributed by atoms with Gasteiger partial charge < -0.3 is 19.5 Å². The van der Waals surface area contributed by atoms with E-state index >= 15 is 0 Å². The minimum absolute atomic E-state index is 0.0447. The molecule has 0 heterocycles. The van der Waals surface area contributed by atoms with Crippen molar-refractivity contribution in [1.82, 2.24) is 0 Å². The molecule has 0 fully saturated rings. The Morgan fingerprint density at radius 3 is 2.32 bits per heavy atom. The van der Waals surface area contributed by atoms with Crippen molar-refractivity contribution >= 4 is 50.5 Å². The number of hydrogen-bond acceptors (Lipinski definition) is 6. The van der Waals surface area contributed by atoms with Crippen LogP contribution in [0.2, 0.25) is 10.0 Å². The highest BCUT2D eigenvalue weighted by Gasteiger charge is 2.14. The number of benzene rings is 3. The molecule has 8 nitrogen and oxygen atoms in total. The van der Waals surface area contributed by atoms with E-state index in [1.54, 1.807) is 31.4 Å². The van der Waals surface area contributed by atoms with Gasteiger partial charge in [-0.3, -0.25) is 9.52 Å². The normalized spacial score (nSPS) is 11.0. The Balaban J connectivity index is 1.88. The van der Waals surface area contributed by atoms with E-state index in [4.69, 9.17) is 37.4 Å². The fourth-order valence-corrected chi connectivity index (χ4v) is 3.86. The van der Waals surface area contributed by atoms with Crippen LogP contribution in [0.4, 0.5) is 11.4 Å². The number of nitrogens with one attached hydrogen (secondary N) is 2. The second-order valence-electron chi connectivity index (χ2n) is 7.13. The average molecular weight is 525 g/mol. The van der Waals surface area contributed by atoms with Crippen molar-refractivity contribution in [3.63, 3.8) is 0 Å². The van der Waals surface area contributed by atoms with Gasteiger partial charge in [0.25, 0.3) is 5.91 Å². The second-order valence-corrected chi connectivity index (χ2v) is 9.70. The van der Waals surface area contributed by atoms with Crippen molar-refractivity contribution in [3.05, 3.63) is 75.8 Å². The first-order chi connectivity index (χ1) is 16.1. The van der Waals surface area contributed by atoms with Crippen LogP contribution in [0.25, 0.3) is 0 Å². The fraction of sp³-hybridized carbons (Fsp3) is 0.174. The molecule has 0 aliphatic carbocycles. The molecule has 180 valence electrons. The van der Waals surface area contributed by atoms with Gasteiger partial charge in [0, 0.05) is 22.9 Å². The lowest BCUT2D eigenvalue weighted by Gasteiger charge is -2.16. The molecule has 2 N–H and O–H groups in total. The van der Waals surface area contributed by atoms with Gasteiger partial charge in [-0.05, 0) is 48.5 Å². The van der Waals surface area contributed by atoms with E-state index in [-0.39, 0.29) is 23.1 Å². The van der Waals surface area contributed by atoms with Gasteiger partial charge in [-0.15, -0.1) is 0 Å². The maximum absolute atomic E-state index is 12.6. The molecule has 3 aromatic rings. The molecule has 0 saturated carbocycles. The molecule has 34 heavy (non-hydrogen) atoms. The van der Waals surface area contributed by atoms with Crippen LogP contribution in [0.5, 0.6) is 17.2 Å². The maximum atomic E-state index is 12.6. The molecule has 3 aromatic carbocycles. The first-order valence-electron chi connectivity index (χ1n) is 9.81. The van der Waals surface area contributed by atoms with Gasteiger partial charge in [0.1, 0.15) is 23.9 Å². The molecule has 3 rings (SSSR count). The quantitative estimate of drug-likeness (QED) is 0.398. The summed E-state index contributed by atoms with van der Waals surface area (Å²) in [5.41, 5.74) is 1.56. The van der Waals surface area contributed by atoms with Crippen LogP contribution < -0.4 is 24.2 Å². The van der Waals surface area contributed by atoms with Crippen LogP contribution in [0, 0.1) is 0 Å². The number of rotatable bonds is 9. The summed E-state index contributed by atoms with van der Waals surface area (Å²) in [4.78, 5) is 12.6. The van der Waals surface area contributed by atoms with E-state index in [1.807, 2.05) is 0 Å². The Morgan fingerprint density at radius 2 is 1.68 bits per heavy atom. The number of halogens is 2. The molecule has 1 amide bonds. The van der Waals surface area contributed by atoms with Gasteiger partial charge >= 0.3 is 0 Å². The van der Waals surface area contributed by atoms with Gasteiger partial charge in [0.2, 0.25) is 10.0 Å². The number of carbonyl (C=O) groups is 1. The largest absolute Gasteiger partial charge is 0.497 e. The summed E-state index contributed by atoms with van der Waals surface area (Å²) < 4.78 is 42.6. The van der Waals surface area contributed by atoms with Crippen LogP contribution in [-0.4, -0.2) is 34.8 Å². The zero-order valence-corrected chi connectivity index (χ0v) is 20.8. The van der Waals surface area contributed by atoms with E-state index < -0.39 is 15.9 Å². The molecular weight excluding hydrogens is 503 g/mol. The molecule has 0 saturated heterocycles. The van der Waals surface area contributed by atoms with Crippen molar-refractivity contribution in [2.45, 2.75) is 6.61 Å². The van der Waals surface area contributed by atoms with Gasteiger partial charge in [0.15, 0.2) is 0 Å². The van der Waals surface area contributed by atoms with Crippen molar-refractivity contribution < 1.29 is 27.4 Å². The van der Waals surface area contributed by atoms with Gasteiger partial charge in [-0.2, -0.15) is 0 Å². The monoisotopic (exact) mass is 524 g/mol. The van der Waals surface area contributed by atoms with Crippen LogP contribution in [0.1, 0.15) is 15.9 Å². The van der Waals surface area contributed by atoms with Crippen LogP contribution in [-0.2, 0) is 16.6 Å². The summed E-state index contributed by atoms with van der Waals surface area (Å²) in [6.07, 6.45) is 1.03. The third-order valence-corrected chi connectivity index (χ3v) is 5.92. The summed E-state index contributed by atoms with van der Waals surface area (Å²) in [7, 11) is -0.512. The Hall–Kier alpha value is -3.14. The highest BCUT2D eigenvalue weighted by molar-refractivity contribution is 7.92. The zero-order chi connectivity index (χ0) is 24.9. The molecule has 0 aliphatic heterocycles. The summed E-state index contributed by atoms with van der Waals surface area (Å²) in [6.45, 7) is 0.0447. The Kier molecular flexibility index (Phi) is 8.14. The van der Waals surface area contributed by atoms with Gasteiger partial charge in [0.05, 0.1) is 36.2 Å². The minimum Gasteiger partial charge on any atom is -0.497 e. The van der Waals surface area contributed by atoms with E-state index in [0.717, 1.165) is 6.26 Å². The van der Waals surface area contributed by atoms with Crippen LogP contribution in [0.3, 0.4) is 0 Å². The molecule has 0 bridgehead atoms. The summed E-state index contributed by atoms with van der Waals surface area (Å²) in [5, 5.41) is 3.31.